The zero-order valence-corrected chi connectivity index (χ0v) is 21.0. The predicted molar refractivity (Wildman–Crippen MR) is 140 cm³/mol. The lowest BCUT2D eigenvalue weighted by atomic mass is 9.89. The minimum atomic E-state index is -0.973. The molecule has 2 aromatic heterocycles. The summed E-state index contributed by atoms with van der Waals surface area (Å²) in [5.74, 6) is 1.49. The molecular weight excluding hydrogens is 470 g/mol. The molecule has 1 atom stereocenters. The van der Waals surface area contributed by atoms with Gasteiger partial charge in [0.25, 0.3) is 0 Å². The van der Waals surface area contributed by atoms with Crippen LogP contribution >= 0.6 is 0 Å². The van der Waals surface area contributed by atoms with Gasteiger partial charge in [-0.05, 0) is 72.2 Å². The highest BCUT2D eigenvalue weighted by molar-refractivity contribution is 5.95. The molecule has 0 radical (unpaired) electrons. The molecule has 0 aliphatic carbocycles. The van der Waals surface area contributed by atoms with Crippen molar-refractivity contribution in [3.8, 4) is 0 Å². The SMILES string of the molecule is Cn1c(CNc2ccc(C(=N)N)cc2)nc2cc(C(C)(NCc3nnn[nH]3)C(=O)N3CCCC3)ccc21. The third kappa shape index (κ3) is 4.87. The molecule has 37 heavy (non-hydrogen) atoms. The number of aryl methyl sites for hydroxylation is 1. The number of aromatic amines is 1. The van der Waals surface area contributed by atoms with Crippen molar-refractivity contribution < 1.29 is 4.79 Å². The van der Waals surface area contributed by atoms with Crippen molar-refractivity contribution in [2.45, 2.75) is 38.4 Å². The minimum absolute atomic E-state index is 0.0312. The number of carbonyl (C=O) groups excluding carboxylic acids is 1. The normalized spacial score (nSPS) is 15.1. The maximum atomic E-state index is 13.7. The van der Waals surface area contributed by atoms with Crippen molar-refractivity contribution in [1.29, 1.82) is 5.41 Å². The zero-order valence-electron chi connectivity index (χ0n) is 21.0. The summed E-state index contributed by atoms with van der Waals surface area (Å²) in [6, 6.07) is 13.4. The first-order chi connectivity index (χ1) is 17.8. The molecule has 12 nitrogen and oxygen atoms in total. The van der Waals surface area contributed by atoms with Crippen LogP contribution in [0.15, 0.2) is 42.5 Å². The van der Waals surface area contributed by atoms with Crippen molar-refractivity contribution in [2.24, 2.45) is 12.8 Å². The van der Waals surface area contributed by atoms with Crippen LogP contribution in [0.4, 0.5) is 5.69 Å². The maximum absolute atomic E-state index is 13.7. The Bertz CT molecular complexity index is 1400. The molecule has 1 aliphatic rings. The number of nitrogens with one attached hydrogen (secondary N) is 4. The number of rotatable bonds is 9. The number of hydrogen-bond acceptors (Lipinski definition) is 8. The van der Waals surface area contributed by atoms with E-state index in [1.54, 1.807) is 0 Å². The Kier molecular flexibility index (Phi) is 6.57. The summed E-state index contributed by atoms with van der Waals surface area (Å²) in [6.45, 7) is 4.26. The number of imidazole rings is 1. The van der Waals surface area contributed by atoms with Gasteiger partial charge in [-0.3, -0.25) is 15.5 Å². The Morgan fingerprint density at radius 1 is 1.16 bits per heavy atom. The first-order valence-electron chi connectivity index (χ1n) is 12.3. The van der Waals surface area contributed by atoms with Crippen LogP contribution in [0.1, 0.15) is 42.5 Å². The van der Waals surface area contributed by atoms with Gasteiger partial charge in [-0.15, -0.1) is 5.10 Å². The third-order valence-electron chi connectivity index (χ3n) is 7.02. The number of aromatic nitrogens is 6. The standard InChI is InChI=1S/C25H31N11O/c1-25(24(37)36-11-3-4-12-36,29-14-21-31-33-34-32-21)17-7-10-20-19(13-17)30-22(35(20)2)15-28-18-8-5-16(6-9-18)23(26)27/h5-10,13,28-29H,3-4,11-12,14-15H2,1-2H3,(H3,26,27)(H,31,32,33,34). The number of hydrogen-bond donors (Lipinski definition) is 5. The molecule has 12 heteroatoms. The van der Waals surface area contributed by atoms with E-state index >= 15 is 0 Å². The van der Waals surface area contributed by atoms with Gasteiger partial charge >= 0.3 is 0 Å². The Balaban J connectivity index is 1.41. The summed E-state index contributed by atoms with van der Waals surface area (Å²) in [6.07, 6.45) is 2.03. The quantitative estimate of drug-likeness (QED) is 0.170. The fourth-order valence-corrected chi connectivity index (χ4v) is 4.72. The maximum Gasteiger partial charge on any atom is 0.247 e. The second-order valence-electron chi connectivity index (χ2n) is 9.46. The fourth-order valence-electron chi connectivity index (χ4n) is 4.72. The Hall–Kier alpha value is -4.32. The molecule has 0 saturated carbocycles. The van der Waals surface area contributed by atoms with E-state index in [2.05, 4.69) is 31.3 Å². The molecule has 1 amide bonds. The molecule has 1 fully saturated rings. The monoisotopic (exact) mass is 501 g/mol. The largest absolute Gasteiger partial charge is 0.384 e. The highest BCUT2D eigenvalue weighted by Gasteiger charge is 2.39. The van der Waals surface area contributed by atoms with E-state index in [9.17, 15) is 4.79 Å². The lowest BCUT2D eigenvalue weighted by molar-refractivity contribution is -0.137. The second-order valence-corrected chi connectivity index (χ2v) is 9.46. The number of nitrogen functional groups attached to an aromatic ring is 1. The molecule has 4 aromatic rings. The van der Waals surface area contributed by atoms with E-state index in [0.717, 1.165) is 54.0 Å². The molecule has 1 aliphatic heterocycles. The van der Waals surface area contributed by atoms with Gasteiger partial charge in [0.15, 0.2) is 5.82 Å². The van der Waals surface area contributed by atoms with E-state index in [-0.39, 0.29) is 11.7 Å². The van der Waals surface area contributed by atoms with Gasteiger partial charge in [0, 0.05) is 31.4 Å². The van der Waals surface area contributed by atoms with Crippen molar-refractivity contribution in [1.82, 2.24) is 40.4 Å². The van der Waals surface area contributed by atoms with Gasteiger partial charge < -0.3 is 20.5 Å². The van der Waals surface area contributed by atoms with Gasteiger partial charge in [0.05, 0.1) is 24.1 Å². The Morgan fingerprint density at radius 2 is 1.92 bits per heavy atom. The minimum Gasteiger partial charge on any atom is -0.384 e. The van der Waals surface area contributed by atoms with Crippen LogP contribution in [-0.2, 0) is 30.5 Å². The molecule has 6 N–H and O–H groups in total. The molecule has 0 spiro atoms. The van der Waals surface area contributed by atoms with E-state index < -0.39 is 5.54 Å². The van der Waals surface area contributed by atoms with Crippen molar-refractivity contribution in [3.05, 3.63) is 65.2 Å². The molecular formula is C25H31N11O. The first-order valence-corrected chi connectivity index (χ1v) is 12.3. The first kappa shape index (κ1) is 24.4. The van der Waals surface area contributed by atoms with Gasteiger partial charge in [0.2, 0.25) is 5.91 Å². The van der Waals surface area contributed by atoms with Crippen molar-refractivity contribution >= 4 is 28.5 Å². The van der Waals surface area contributed by atoms with Gasteiger partial charge in [-0.1, -0.05) is 6.07 Å². The molecule has 0 bridgehead atoms. The van der Waals surface area contributed by atoms with E-state index in [4.69, 9.17) is 16.1 Å². The zero-order chi connectivity index (χ0) is 26.0. The average molecular weight is 502 g/mol. The highest BCUT2D eigenvalue weighted by atomic mass is 16.2. The number of H-pyrrole nitrogens is 1. The summed E-state index contributed by atoms with van der Waals surface area (Å²) < 4.78 is 2.04. The second kappa shape index (κ2) is 9.97. The Labute approximate surface area is 214 Å². The van der Waals surface area contributed by atoms with E-state index in [1.807, 2.05) is 65.9 Å². The third-order valence-corrected chi connectivity index (χ3v) is 7.02. The number of amidine groups is 1. The lowest BCUT2D eigenvalue weighted by Gasteiger charge is -2.34. The molecule has 192 valence electrons. The summed E-state index contributed by atoms with van der Waals surface area (Å²) in [5.41, 5.74) is 8.78. The molecule has 3 heterocycles. The Morgan fingerprint density at radius 3 is 2.59 bits per heavy atom. The topological polar surface area (TPSA) is 167 Å². The highest BCUT2D eigenvalue weighted by Crippen LogP contribution is 2.29. The van der Waals surface area contributed by atoms with Crippen LogP contribution in [0.5, 0.6) is 0 Å². The molecule has 1 saturated heterocycles. The number of carbonyl (C=O) groups is 1. The van der Waals surface area contributed by atoms with Crippen LogP contribution < -0.4 is 16.4 Å². The fraction of sp³-hybridized carbons (Fsp3) is 0.360. The molecule has 2 aromatic carbocycles. The predicted octanol–water partition coefficient (Wildman–Crippen LogP) is 1.61. The number of amides is 1. The number of fused-ring (bicyclic) bond motifs is 1. The van der Waals surface area contributed by atoms with Crippen molar-refractivity contribution in [2.75, 3.05) is 18.4 Å². The van der Waals surface area contributed by atoms with Crippen LogP contribution in [0, 0.1) is 5.41 Å². The lowest BCUT2D eigenvalue weighted by Crippen LogP contribution is -2.53. The number of likely N-dealkylation sites (tertiary alicyclic amines) is 1. The van der Waals surface area contributed by atoms with Gasteiger partial charge in [-0.2, -0.15) is 0 Å². The van der Waals surface area contributed by atoms with Crippen LogP contribution in [-0.4, -0.2) is 59.9 Å². The summed E-state index contributed by atoms with van der Waals surface area (Å²) in [4.78, 5) is 20.5. The van der Waals surface area contributed by atoms with Crippen LogP contribution in [0.25, 0.3) is 11.0 Å². The smallest absolute Gasteiger partial charge is 0.247 e. The molecule has 5 rings (SSSR count). The van der Waals surface area contributed by atoms with Gasteiger partial charge in [-0.25, -0.2) is 10.1 Å². The van der Waals surface area contributed by atoms with Gasteiger partial charge in [0.1, 0.15) is 17.2 Å². The van der Waals surface area contributed by atoms with Crippen LogP contribution in [0.3, 0.4) is 0 Å². The van der Waals surface area contributed by atoms with Crippen molar-refractivity contribution in [3.63, 3.8) is 0 Å². The number of nitrogens with zero attached hydrogens (tertiary/aromatic N) is 6. The van der Waals surface area contributed by atoms with E-state index in [0.29, 0.717) is 24.5 Å². The average Bonchev–Trinajstić information content (AvgIpc) is 3.68. The molecule has 1 unspecified atom stereocenters. The summed E-state index contributed by atoms with van der Waals surface area (Å²) >= 11 is 0. The number of benzene rings is 2. The van der Waals surface area contributed by atoms with Crippen LogP contribution in [0.2, 0.25) is 0 Å². The number of anilines is 1. The summed E-state index contributed by atoms with van der Waals surface area (Å²) in [7, 11) is 1.98. The number of tetrazole rings is 1. The van der Waals surface area contributed by atoms with E-state index in [1.165, 1.54) is 0 Å². The summed E-state index contributed by atoms with van der Waals surface area (Å²) in [5, 5.41) is 28.3. The number of nitrogens with two attached hydrogens (primary N) is 1.